The highest BCUT2D eigenvalue weighted by atomic mass is 19.3. The van der Waals surface area contributed by atoms with Gasteiger partial charge < -0.3 is 9.84 Å². The maximum absolute atomic E-state index is 12.5. The highest BCUT2D eigenvalue weighted by Crippen LogP contribution is 2.41. The Hall–Kier alpha value is -0.260. The molecule has 2 fully saturated rings. The van der Waals surface area contributed by atoms with Crippen molar-refractivity contribution in [1.29, 1.82) is 0 Å². The van der Waals surface area contributed by atoms with Crippen LogP contribution in [-0.2, 0) is 4.74 Å². The summed E-state index contributed by atoms with van der Waals surface area (Å²) in [7, 11) is 0. The van der Waals surface area contributed by atoms with E-state index in [-0.39, 0.29) is 24.9 Å². The van der Waals surface area contributed by atoms with Crippen molar-refractivity contribution < 1.29 is 18.6 Å². The molecule has 2 aliphatic rings. The zero-order chi connectivity index (χ0) is 13.7. The summed E-state index contributed by atoms with van der Waals surface area (Å²) in [6.45, 7) is 0.474. The lowest BCUT2D eigenvalue weighted by Crippen LogP contribution is -2.39. The van der Waals surface area contributed by atoms with Gasteiger partial charge in [0.15, 0.2) is 0 Å². The zero-order valence-corrected chi connectivity index (χ0v) is 11.5. The molecule has 1 spiro atoms. The summed E-state index contributed by atoms with van der Waals surface area (Å²) >= 11 is 0. The van der Waals surface area contributed by atoms with Crippen LogP contribution >= 0.6 is 0 Å². The van der Waals surface area contributed by atoms with Crippen LogP contribution in [0.4, 0.5) is 8.78 Å². The molecule has 112 valence electrons. The molecule has 1 atom stereocenters. The molecule has 1 saturated carbocycles. The Kier molecular flexibility index (Phi) is 5.54. The summed E-state index contributed by atoms with van der Waals surface area (Å²) in [4.78, 5) is 1.62. The molecule has 1 aliphatic carbocycles. The van der Waals surface area contributed by atoms with Crippen molar-refractivity contribution >= 4 is 0 Å². The molecule has 1 saturated heterocycles. The minimum Gasteiger partial charge on any atom is -0.395 e. The fraction of sp³-hybridized carbons (Fsp3) is 1.00. The van der Waals surface area contributed by atoms with E-state index in [0.29, 0.717) is 13.1 Å². The van der Waals surface area contributed by atoms with E-state index in [1.54, 1.807) is 4.90 Å². The van der Waals surface area contributed by atoms with E-state index in [1.807, 2.05) is 0 Å². The average molecular weight is 277 g/mol. The largest absolute Gasteiger partial charge is 0.395 e. The molecule has 1 N–H and O–H groups in total. The molecule has 0 bridgehead atoms. The second kappa shape index (κ2) is 6.95. The predicted octanol–water partition coefficient (Wildman–Crippen LogP) is 2.43. The molecule has 0 aromatic carbocycles. The Morgan fingerprint density at radius 2 is 1.95 bits per heavy atom. The number of rotatable bonds is 6. The molecular formula is C14H25F2NO2. The van der Waals surface area contributed by atoms with Gasteiger partial charge in [-0.25, -0.2) is 8.78 Å². The van der Waals surface area contributed by atoms with Crippen LogP contribution in [0, 0.1) is 0 Å². The Morgan fingerprint density at radius 3 is 2.58 bits per heavy atom. The highest BCUT2D eigenvalue weighted by Gasteiger charge is 2.41. The second-order valence-electron chi connectivity index (χ2n) is 5.90. The molecule has 5 heteroatoms. The van der Waals surface area contributed by atoms with Gasteiger partial charge in [-0.05, 0) is 25.7 Å². The summed E-state index contributed by atoms with van der Waals surface area (Å²) in [5.41, 5.74) is 0.0403. The van der Waals surface area contributed by atoms with E-state index in [9.17, 15) is 8.78 Å². The van der Waals surface area contributed by atoms with Gasteiger partial charge in [0, 0.05) is 13.1 Å². The lowest BCUT2D eigenvalue weighted by Gasteiger charge is -2.34. The number of aliphatic hydroxyl groups excluding tert-OH is 1. The van der Waals surface area contributed by atoms with E-state index >= 15 is 0 Å². The van der Waals surface area contributed by atoms with Crippen molar-refractivity contribution in [2.75, 3.05) is 26.2 Å². The van der Waals surface area contributed by atoms with Gasteiger partial charge in [-0.3, -0.25) is 4.90 Å². The van der Waals surface area contributed by atoms with Crippen molar-refractivity contribution in [3.05, 3.63) is 0 Å². The van der Waals surface area contributed by atoms with Gasteiger partial charge >= 0.3 is 0 Å². The van der Waals surface area contributed by atoms with Crippen LogP contribution in [0.3, 0.4) is 0 Å². The zero-order valence-electron chi connectivity index (χ0n) is 11.5. The molecular weight excluding hydrogens is 252 g/mol. The number of aliphatic hydroxyl groups is 1. The van der Waals surface area contributed by atoms with E-state index in [1.165, 1.54) is 19.3 Å². The molecule has 0 radical (unpaired) electrons. The Bertz CT molecular complexity index is 270. The first kappa shape index (κ1) is 15.1. The number of halogens is 2. The fourth-order valence-corrected chi connectivity index (χ4v) is 3.47. The number of alkyl halides is 2. The van der Waals surface area contributed by atoms with Crippen LogP contribution in [0.5, 0.6) is 0 Å². The molecule has 1 unspecified atom stereocenters. The standard InChI is InChI=1S/C14H25F2NO2/c15-13(16)11-17(8-9-18)10-12-4-7-14(19-12)5-2-1-3-6-14/h12-13,18H,1-11H2. The van der Waals surface area contributed by atoms with E-state index < -0.39 is 6.43 Å². The number of ether oxygens (including phenoxy) is 1. The van der Waals surface area contributed by atoms with Gasteiger partial charge in [0.05, 0.1) is 24.9 Å². The highest BCUT2D eigenvalue weighted by molar-refractivity contribution is 4.92. The van der Waals surface area contributed by atoms with Gasteiger partial charge in [-0.1, -0.05) is 19.3 Å². The summed E-state index contributed by atoms with van der Waals surface area (Å²) in [6.07, 6.45) is 5.73. The van der Waals surface area contributed by atoms with Crippen molar-refractivity contribution in [2.24, 2.45) is 0 Å². The van der Waals surface area contributed by atoms with E-state index in [4.69, 9.17) is 9.84 Å². The summed E-state index contributed by atoms with van der Waals surface area (Å²) in [5.74, 6) is 0. The van der Waals surface area contributed by atoms with E-state index in [2.05, 4.69) is 0 Å². The van der Waals surface area contributed by atoms with Crippen molar-refractivity contribution in [1.82, 2.24) is 4.90 Å². The summed E-state index contributed by atoms with van der Waals surface area (Å²) in [5, 5.41) is 8.94. The maximum Gasteiger partial charge on any atom is 0.251 e. The van der Waals surface area contributed by atoms with Gasteiger partial charge in [0.2, 0.25) is 0 Å². The van der Waals surface area contributed by atoms with Gasteiger partial charge in [0.1, 0.15) is 0 Å². The molecule has 3 nitrogen and oxygen atoms in total. The van der Waals surface area contributed by atoms with Crippen molar-refractivity contribution in [2.45, 2.75) is 63.1 Å². The monoisotopic (exact) mass is 277 g/mol. The third kappa shape index (κ3) is 4.36. The Labute approximate surface area is 113 Å². The van der Waals surface area contributed by atoms with Crippen molar-refractivity contribution in [3.8, 4) is 0 Å². The fourth-order valence-electron chi connectivity index (χ4n) is 3.47. The summed E-state index contributed by atoms with van der Waals surface area (Å²) in [6, 6.07) is 0. The Balaban J connectivity index is 1.81. The first-order valence-corrected chi connectivity index (χ1v) is 7.43. The smallest absolute Gasteiger partial charge is 0.251 e. The normalized spacial score (nSPS) is 26.7. The van der Waals surface area contributed by atoms with Crippen molar-refractivity contribution in [3.63, 3.8) is 0 Å². The third-order valence-corrected chi connectivity index (χ3v) is 4.38. The van der Waals surface area contributed by atoms with Gasteiger partial charge in [-0.2, -0.15) is 0 Å². The number of hydrogen-bond acceptors (Lipinski definition) is 3. The van der Waals surface area contributed by atoms with Crippen LogP contribution in [-0.4, -0.2) is 54.4 Å². The van der Waals surface area contributed by atoms with Crippen LogP contribution < -0.4 is 0 Å². The summed E-state index contributed by atoms with van der Waals surface area (Å²) < 4.78 is 31.1. The quantitative estimate of drug-likeness (QED) is 0.809. The van der Waals surface area contributed by atoms with E-state index in [0.717, 1.165) is 25.7 Å². The second-order valence-corrected chi connectivity index (χ2v) is 5.90. The third-order valence-electron chi connectivity index (χ3n) is 4.38. The molecule has 2 rings (SSSR count). The molecule has 1 aliphatic heterocycles. The number of hydrogen-bond donors (Lipinski definition) is 1. The van der Waals surface area contributed by atoms with Crippen LogP contribution in [0.2, 0.25) is 0 Å². The van der Waals surface area contributed by atoms with Crippen LogP contribution in [0.25, 0.3) is 0 Å². The molecule has 1 heterocycles. The topological polar surface area (TPSA) is 32.7 Å². The van der Waals surface area contributed by atoms with Gasteiger partial charge in [-0.15, -0.1) is 0 Å². The van der Waals surface area contributed by atoms with Crippen LogP contribution in [0.15, 0.2) is 0 Å². The number of nitrogens with zero attached hydrogens (tertiary/aromatic N) is 1. The molecule has 0 aromatic rings. The molecule has 0 amide bonds. The van der Waals surface area contributed by atoms with Crippen LogP contribution in [0.1, 0.15) is 44.9 Å². The predicted molar refractivity (Wildman–Crippen MR) is 69.5 cm³/mol. The molecule has 19 heavy (non-hydrogen) atoms. The maximum atomic E-state index is 12.5. The molecule has 0 aromatic heterocycles. The first-order chi connectivity index (χ1) is 9.13. The lowest BCUT2D eigenvalue weighted by atomic mass is 9.83. The first-order valence-electron chi connectivity index (χ1n) is 7.43. The minimum atomic E-state index is -2.35. The lowest BCUT2D eigenvalue weighted by molar-refractivity contribution is -0.0753. The average Bonchev–Trinajstić information content (AvgIpc) is 2.72. The SMILES string of the molecule is OCCN(CC(F)F)CC1CCC2(CCCCC2)O1. The Morgan fingerprint density at radius 1 is 1.21 bits per heavy atom. The van der Waals surface area contributed by atoms with Gasteiger partial charge in [0.25, 0.3) is 6.43 Å². The minimum absolute atomic E-state index is 0.0403.